The van der Waals surface area contributed by atoms with Crippen molar-refractivity contribution in [1.29, 1.82) is 0 Å². The third-order valence-corrected chi connectivity index (χ3v) is 6.49. The number of nitrogens with one attached hydrogen (secondary N) is 4. The van der Waals surface area contributed by atoms with Crippen molar-refractivity contribution in [2.45, 2.75) is 71.1 Å². The van der Waals surface area contributed by atoms with Crippen LogP contribution in [-0.2, 0) is 30.4 Å². The molecule has 0 aliphatic heterocycles. The second-order valence-electron chi connectivity index (χ2n) is 9.77. The van der Waals surface area contributed by atoms with E-state index >= 15 is 0 Å². The molecule has 3 amide bonds. The van der Waals surface area contributed by atoms with Gasteiger partial charge in [0.25, 0.3) is 0 Å². The quantitative estimate of drug-likeness (QED) is 0.185. The van der Waals surface area contributed by atoms with Gasteiger partial charge in [0.2, 0.25) is 17.7 Å². The number of hydrogen-bond acceptors (Lipinski definition) is 6. The van der Waals surface area contributed by atoms with Gasteiger partial charge in [-0.1, -0.05) is 52.3 Å². The number of carbonyl (C=O) groups excluding carboxylic acids is 3. The lowest BCUT2D eigenvalue weighted by Crippen LogP contribution is -2.59. The summed E-state index contributed by atoms with van der Waals surface area (Å²) in [6.45, 7) is 6.73. The Hall–Kier alpha value is -3.93. The van der Waals surface area contributed by atoms with Gasteiger partial charge in [-0.25, -0.2) is 4.79 Å². The highest BCUT2D eigenvalue weighted by molar-refractivity contribution is 5.96. The standard InChI is InChI=1S/C26H37N5O7/c1-5-14(4)22(26(37)38)31-24(35)19(11-20(32)33)29-25(36)21(13(2)3)30-23(34)17(27)10-15-12-28-18-9-7-6-8-16(15)18/h6-9,12-14,17,19,21-22,28H,5,10-11,27H2,1-4H3,(H,29,36)(H,30,34)(H,31,35)(H,32,33)(H,37,38). The van der Waals surface area contributed by atoms with Gasteiger partial charge >= 0.3 is 11.9 Å². The molecule has 2 rings (SSSR count). The van der Waals surface area contributed by atoms with Crippen LogP contribution in [0.5, 0.6) is 0 Å². The predicted octanol–water partition coefficient (Wildman–Crippen LogP) is 0.754. The Kier molecular flexibility index (Phi) is 10.8. The first-order chi connectivity index (χ1) is 17.8. The fourth-order valence-electron chi connectivity index (χ4n) is 4.01. The molecule has 0 spiro atoms. The van der Waals surface area contributed by atoms with Gasteiger partial charge in [-0.15, -0.1) is 0 Å². The zero-order valence-corrected chi connectivity index (χ0v) is 22.0. The Bertz CT molecular complexity index is 1160. The van der Waals surface area contributed by atoms with E-state index < -0.39 is 72.1 Å². The second-order valence-corrected chi connectivity index (χ2v) is 9.77. The van der Waals surface area contributed by atoms with E-state index in [1.54, 1.807) is 33.9 Å². The molecule has 1 aromatic heterocycles. The molecule has 12 heteroatoms. The Morgan fingerprint density at radius 3 is 2.13 bits per heavy atom. The monoisotopic (exact) mass is 531 g/mol. The molecule has 0 aliphatic rings. The maximum atomic E-state index is 13.1. The Morgan fingerprint density at radius 2 is 1.55 bits per heavy atom. The molecule has 0 bridgehead atoms. The predicted molar refractivity (Wildman–Crippen MR) is 140 cm³/mol. The molecule has 38 heavy (non-hydrogen) atoms. The van der Waals surface area contributed by atoms with E-state index in [1.165, 1.54) is 0 Å². The minimum Gasteiger partial charge on any atom is -0.481 e. The van der Waals surface area contributed by atoms with Gasteiger partial charge in [0, 0.05) is 17.1 Å². The van der Waals surface area contributed by atoms with Crippen molar-refractivity contribution in [3.05, 3.63) is 36.0 Å². The molecular weight excluding hydrogens is 494 g/mol. The van der Waals surface area contributed by atoms with E-state index in [1.807, 2.05) is 24.3 Å². The molecule has 2 aromatic rings. The summed E-state index contributed by atoms with van der Waals surface area (Å²) < 4.78 is 0. The molecule has 5 unspecified atom stereocenters. The number of fused-ring (bicyclic) bond motifs is 1. The number of rotatable bonds is 14. The minimum absolute atomic E-state index is 0.207. The summed E-state index contributed by atoms with van der Waals surface area (Å²) in [6.07, 6.45) is 1.65. The van der Waals surface area contributed by atoms with Gasteiger partial charge in [0.15, 0.2) is 0 Å². The van der Waals surface area contributed by atoms with Crippen molar-refractivity contribution in [3.63, 3.8) is 0 Å². The van der Waals surface area contributed by atoms with E-state index in [9.17, 15) is 34.2 Å². The number of carbonyl (C=O) groups is 5. The summed E-state index contributed by atoms with van der Waals surface area (Å²) >= 11 is 0. The first-order valence-electron chi connectivity index (χ1n) is 12.5. The number of aromatic amines is 1. The normalized spacial score (nSPS) is 15.2. The number of aliphatic carboxylic acids is 2. The lowest BCUT2D eigenvalue weighted by atomic mass is 9.98. The van der Waals surface area contributed by atoms with Crippen LogP contribution in [0.1, 0.15) is 46.1 Å². The highest BCUT2D eigenvalue weighted by atomic mass is 16.4. The van der Waals surface area contributed by atoms with Gasteiger partial charge in [-0.05, 0) is 29.9 Å². The maximum absolute atomic E-state index is 13.1. The van der Waals surface area contributed by atoms with E-state index in [0.29, 0.717) is 6.42 Å². The van der Waals surface area contributed by atoms with Gasteiger partial charge in [-0.2, -0.15) is 0 Å². The molecule has 0 saturated carbocycles. The Morgan fingerprint density at radius 1 is 0.921 bits per heavy atom. The van der Waals surface area contributed by atoms with Crippen LogP contribution in [-0.4, -0.2) is 69.0 Å². The molecule has 8 N–H and O–H groups in total. The van der Waals surface area contributed by atoms with Crippen LogP contribution < -0.4 is 21.7 Å². The first kappa shape index (κ1) is 30.3. The summed E-state index contributed by atoms with van der Waals surface area (Å²) in [7, 11) is 0. The van der Waals surface area contributed by atoms with Crippen molar-refractivity contribution in [3.8, 4) is 0 Å². The summed E-state index contributed by atoms with van der Waals surface area (Å²) in [4.78, 5) is 64.8. The van der Waals surface area contributed by atoms with E-state index in [-0.39, 0.29) is 6.42 Å². The summed E-state index contributed by atoms with van der Waals surface area (Å²) in [5.41, 5.74) is 7.87. The van der Waals surface area contributed by atoms with Crippen molar-refractivity contribution in [1.82, 2.24) is 20.9 Å². The number of amides is 3. The van der Waals surface area contributed by atoms with Crippen molar-refractivity contribution < 1.29 is 34.2 Å². The van der Waals surface area contributed by atoms with Crippen LogP contribution >= 0.6 is 0 Å². The van der Waals surface area contributed by atoms with Gasteiger partial charge in [-0.3, -0.25) is 19.2 Å². The SMILES string of the molecule is CCC(C)C(NC(=O)C(CC(=O)O)NC(=O)C(NC(=O)C(N)Cc1c[nH]c2ccccc12)C(C)C)C(=O)O. The Balaban J connectivity index is 2.12. The number of benzene rings is 1. The average Bonchev–Trinajstić information content (AvgIpc) is 3.26. The van der Waals surface area contributed by atoms with Crippen molar-refractivity contribution in [2.24, 2.45) is 17.6 Å². The molecule has 12 nitrogen and oxygen atoms in total. The fraction of sp³-hybridized carbons (Fsp3) is 0.500. The number of H-pyrrole nitrogens is 1. The zero-order chi connectivity index (χ0) is 28.6. The van der Waals surface area contributed by atoms with Crippen LogP contribution in [0.4, 0.5) is 0 Å². The summed E-state index contributed by atoms with van der Waals surface area (Å²) in [5, 5.41) is 26.9. The molecule has 0 aliphatic carbocycles. The van der Waals surface area contributed by atoms with Gasteiger partial charge in [0.05, 0.1) is 12.5 Å². The lowest BCUT2D eigenvalue weighted by Gasteiger charge is -2.27. The molecule has 5 atom stereocenters. The first-order valence-corrected chi connectivity index (χ1v) is 12.5. The highest BCUT2D eigenvalue weighted by Crippen LogP contribution is 2.19. The maximum Gasteiger partial charge on any atom is 0.326 e. The molecule has 0 radical (unpaired) electrons. The fourth-order valence-corrected chi connectivity index (χ4v) is 4.01. The van der Waals surface area contributed by atoms with Crippen molar-refractivity contribution >= 4 is 40.6 Å². The number of carboxylic acid groups (broad SMARTS) is 2. The molecular formula is C26H37N5O7. The highest BCUT2D eigenvalue weighted by Gasteiger charge is 2.34. The zero-order valence-electron chi connectivity index (χ0n) is 22.0. The lowest BCUT2D eigenvalue weighted by molar-refractivity contribution is -0.144. The van der Waals surface area contributed by atoms with E-state index in [0.717, 1.165) is 16.5 Å². The number of aromatic nitrogens is 1. The number of hydrogen-bond donors (Lipinski definition) is 7. The summed E-state index contributed by atoms with van der Waals surface area (Å²) in [5.74, 6) is -5.83. The number of para-hydroxylation sites is 1. The number of carboxylic acids is 2. The molecule has 1 aromatic carbocycles. The van der Waals surface area contributed by atoms with E-state index in [4.69, 9.17) is 5.73 Å². The third-order valence-electron chi connectivity index (χ3n) is 6.49. The topological polar surface area (TPSA) is 204 Å². The molecule has 0 fully saturated rings. The van der Waals surface area contributed by atoms with Crippen LogP contribution in [0.25, 0.3) is 10.9 Å². The smallest absolute Gasteiger partial charge is 0.326 e. The largest absolute Gasteiger partial charge is 0.481 e. The van der Waals surface area contributed by atoms with Gasteiger partial charge < -0.3 is 36.9 Å². The average molecular weight is 532 g/mol. The molecule has 208 valence electrons. The molecule has 0 saturated heterocycles. The van der Waals surface area contributed by atoms with Crippen LogP contribution in [0, 0.1) is 11.8 Å². The third kappa shape index (κ3) is 8.04. The second kappa shape index (κ2) is 13.6. The minimum atomic E-state index is -1.55. The van der Waals surface area contributed by atoms with Crippen LogP contribution in [0.15, 0.2) is 30.5 Å². The Labute approximate surface area is 220 Å². The summed E-state index contributed by atoms with van der Waals surface area (Å²) in [6, 6.07) is 2.64. The molecule has 1 heterocycles. The van der Waals surface area contributed by atoms with Crippen molar-refractivity contribution in [2.75, 3.05) is 0 Å². The van der Waals surface area contributed by atoms with Gasteiger partial charge in [0.1, 0.15) is 18.1 Å². The van der Waals surface area contributed by atoms with Crippen LogP contribution in [0.3, 0.4) is 0 Å². The van der Waals surface area contributed by atoms with Crippen LogP contribution in [0.2, 0.25) is 0 Å². The van der Waals surface area contributed by atoms with E-state index in [2.05, 4.69) is 20.9 Å². The number of nitrogens with two attached hydrogens (primary N) is 1.